The third-order valence-electron chi connectivity index (χ3n) is 1.42. The fourth-order valence-corrected chi connectivity index (χ4v) is 0.836. The minimum atomic E-state index is 0.699. The average Bonchev–Trinajstić information content (AvgIpc) is 2.54. The Kier molecular flexibility index (Phi) is 5.49. The lowest BCUT2D eigenvalue weighted by Gasteiger charge is -1.88. The second kappa shape index (κ2) is 5.93. The first-order valence-corrected chi connectivity index (χ1v) is 3.93. The van der Waals surface area contributed by atoms with Crippen LogP contribution in [0.15, 0.2) is 36.5 Å². The van der Waals surface area contributed by atoms with Crippen molar-refractivity contribution in [2.45, 2.75) is 13.8 Å². The van der Waals surface area contributed by atoms with Crippen LogP contribution in [0.25, 0.3) is 0 Å². The van der Waals surface area contributed by atoms with Crippen molar-refractivity contribution in [3.05, 3.63) is 36.5 Å². The molecule has 0 bridgehead atoms. The van der Waals surface area contributed by atoms with Crippen LogP contribution in [0.1, 0.15) is 13.8 Å². The molecule has 1 heteroatoms. The molecule has 0 aromatic rings. The van der Waals surface area contributed by atoms with Crippen molar-refractivity contribution in [2.24, 2.45) is 0 Å². The minimum Gasteiger partial charge on any atom is -0.372 e. The summed E-state index contributed by atoms with van der Waals surface area (Å²) in [4.78, 5) is 0. The average molecular weight is 152 g/mol. The standard InChI is InChI=1S/C8H10O.C2H6/c1-3-7-5-9-6-8(7)4-2;1-2/h3-4H,1-2,5-6H2;1-2H3. The lowest BCUT2D eigenvalue weighted by atomic mass is 10.1. The lowest BCUT2D eigenvalue weighted by molar-refractivity contribution is 0.207. The first-order valence-electron chi connectivity index (χ1n) is 3.93. The molecule has 0 fully saturated rings. The van der Waals surface area contributed by atoms with Gasteiger partial charge in [0.15, 0.2) is 0 Å². The summed E-state index contributed by atoms with van der Waals surface area (Å²) in [5, 5.41) is 0. The normalized spacial score (nSPS) is 15.5. The zero-order valence-electron chi connectivity index (χ0n) is 7.39. The Bertz CT molecular complexity index is 148. The molecule has 1 rings (SSSR count). The fraction of sp³-hybridized carbons (Fsp3) is 0.400. The third kappa shape index (κ3) is 2.72. The van der Waals surface area contributed by atoms with Gasteiger partial charge in [0.1, 0.15) is 0 Å². The Balaban J connectivity index is 0.000000461. The summed E-state index contributed by atoms with van der Waals surface area (Å²) in [5.74, 6) is 0. The molecule has 1 nitrogen and oxygen atoms in total. The molecule has 0 unspecified atom stereocenters. The molecule has 1 aliphatic rings. The zero-order chi connectivity index (χ0) is 8.69. The third-order valence-corrected chi connectivity index (χ3v) is 1.42. The molecule has 1 aliphatic heterocycles. The van der Waals surface area contributed by atoms with Gasteiger partial charge in [0, 0.05) is 0 Å². The van der Waals surface area contributed by atoms with Crippen molar-refractivity contribution in [1.82, 2.24) is 0 Å². The van der Waals surface area contributed by atoms with Gasteiger partial charge < -0.3 is 4.74 Å². The smallest absolute Gasteiger partial charge is 0.0724 e. The van der Waals surface area contributed by atoms with E-state index in [1.54, 1.807) is 0 Å². The largest absolute Gasteiger partial charge is 0.372 e. The molecule has 0 N–H and O–H groups in total. The monoisotopic (exact) mass is 152 g/mol. The highest BCUT2D eigenvalue weighted by Gasteiger charge is 2.07. The van der Waals surface area contributed by atoms with Crippen molar-refractivity contribution in [1.29, 1.82) is 0 Å². The Hall–Kier alpha value is -0.820. The van der Waals surface area contributed by atoms with Crippen LogP contribution >= 0.6 is 0 Å². The molecule has 1 heterocycles. The summed E-state index contributed by atoms with van der Waals surface area (Å²) in [6.45, 7) is 12.7. The predicted octanol–water partition coefficient (Wildman–Crippen LogP) is 2.71. The molecular formula is C10H16O. The maximum absolute atomic E-state index is 5.13. The Morgan fingerprint density at radius 3 is 1.73 bits per heavy atom. The van der Waals surface area contributed by atoms with Gasteiger partial charge in [-0.1, -0.05) is 39.2 Å². The molecule has 0 saturated carbocycles. The van der Waals surface area contributed by atoms with E-state index in [0.717, 1.165) is 0 Å². The van der Waals surface area contributed by atoms with Gasteiger partial charge in [-0.2, -0.15) is 0 Å². The van der Waals surface area contributed by atoms with E-state index >= 15 is 0 Å². The van der Waals surface area contributed by atoms with Crippen molar-refractivity contribution in [3.8, 4) is 0 Å². The first kappa shape index (κ1) is 10.2. The van der Waals surface area contributed by atoms with Gasteiger partial charge in [0.05, 0.1) is 13.2 Å². The Labute approximate surface area is 69.1 Å². The van der Waals surface area contributed by atoms with Crippen molar-refractivity contribution < 1.29 is 4.74 Å². The molecule has 0 aliphatic carbocycles. The van der Waals surface area contributed by atoms with Crippen LogP contribution in [-0.2, 0) is 4.74 Å². The van der Waals surface area contributed by atoms with E-state index in [4.69, 9.17) is 4.74 Å². The second-order valence-corrected chi connectivity index (χ2v) is 1.95. The maximum Gasteiger partial charge on any atom is 0.0724 e. The molecule has 0 spiro atoms. The molecule has 11 heavy (non-hydrogen) atoms. The summed E-state index contributed by atoms with van der Waals surface area (Å²) in [6, 6.07) is 0. The van der Waals surface area contributed by atoms with E-state index in [2.05, 4.69) is 13.2 Å². The van der Waals surface area contributed by atoms with E-state index in [0.29, 0.717) is 13.2 Å². The lowest BCUT2D eigenvalue weighted by Crippen LogP contribution is -1.82. The second-order valence-electron chi connectivity index (χ2n) is 1.95. The first-order chi connectivity index (χ1) is 5.38. The summed E-state index contributed by atoms with van der Waals surface area (Å²) in [5.41, 5.74) is 2.34. The molecule has 0 radical (unpaired) electrons. The molecular weight excluding hydrogens is 136 g/mol. The molecule has 0 aromatic heterocycles. The van der Waals surface area contributed by atoms with Crippen LogP contribution in [0.3, 0.4) is 0 Å². The van der Waals surface area contributed by atoms with Gasteiger partial charge in [0.2, 0.25) is 0 Å². The molecule has 62 valence electrons. The van der Waals surface area contributed by atoms with Crippen LogP contribution in [-0.4, -0.2) is 13.2 Å². The van der Waals surface area contributed by atoms with Gasteiger partial charge in [-0.25, -0.2) is 0 Å². The van der Waals surface area contributed by atoms with E-state index in [-0.39, 0.29) is 0 Å². The Morgan fingerprint density at radius 1 is 1.09 bits per heavy atom. The number of ether oxygens (including phenoxy) is 1. The Morgan fingerprint density at radius 2 is 1.45 bits per heavy atom. The van der Waals surface area contributed by atoms with Gasteiger partial charge >= 0.3 is 0 Å². The van der Waals surface area contributed by atoms with Crippen LogP contribution in [0.2, 0.25) is 0 Å². The van der Waals surface area contributed by atoms with Gasteiger partial charge in [-0.15, -0.1) is 0 Å². The number of rotatable bonds is 2. The van der Waals surface area contributed by atoms with E-state index in [9.17, 15) is 0 Å². The molecule has 0 amide bonds. The summed E-state index contributed by atoms with van der Waals surface area (Å²) in [7, 11) is 0. The highest BCUT2D eigenvalue weighted by Crippen LogP contribution is 2.14. The quantitative estimate of drug-likeness (QED) is 0.591. The number of hydrogen-bond acceptors (Lipinski definition) is 1. The highest BCUT2D eigenvalue weighted by molar-refractivity contribution is 5.34. The van der Waals surface area contributed by atoms with E-state index < -0.39 is 0 Å². The van der Waals surface area contributed by atoms with Crippen molar-refractivity contribution >= 4 is 0 Å². The van der Waals surface area contributed by atoms with Crippen LogP contribution in [0.4, 0.5) is 0 Å². The van der Waals surface area contributed by atoms with E-state index in [1.807, 2.05) is 26.0 Å². The summed E-state index contributed by atoms with van der Waals surface area (Å²) >= 11 is 0. The van der Waals surface area contributed by atoms with Crippen molar-refractivity contribution in [2.75, 3.05) is 13.2 Å². The molecule has 0 saturated heterocycles. The zero-order valence-corrected chi connectivity index (χ0v) is 7.39. The minimum absolute atomic E-state index is 0.699. The van der Waals surface area contributed by atoms with Crippen LogP contribution in [0, 0.1) is 0 Å². The van der Waals surface area contributed by atoms with Gasteiger partial charge in [-0.3, -0.25) is 0 Å². The summed E-state index contributed by atoms with van der Waals surface area (Å²) < 4.78 is 5.13. The SMILES string of the molecule is C=CC1=C(C=C)COC1.CC. The molecule has 0 aromatic carbocycles. The topological polar surface area (TPSA) is 9.23 Å². The number of hydrogen-bond donors (Lipinski definition) is 0. The fourth-order valence-electron chi connectivity index (χ4n) is 0.836. The van der Waals surface area contributed by atoms with Gasteiger partial charge in [0.25, 0.3) is 0 Å². The maximum atomic E-state index is 5.13. The van der Waals surface area contributed by atoms with E-state index in [1.165, 1.54) is 11.1 Å². The predicted molar refractivity (Wildman–Crippen MR) is 49.6 cm³/mol. The van der Waals surface area contributed by atoms with Crippen LogP contribution < -0.4 is 0 Å². The van der Waals surface area contributed by atoms with Crippen molar-refractivity contribution in [3.63, 3.8) is 0 Å². The molecule has 0 atom stereocenters. The highest BCUT2D eigenvalue weighted by atomic mass is 16.5. The summed E-state index contributed by atoms with van der Waals surface area (Å²) in [6.07, 6.45) is 3.65. The van der Waals surface area contributed by atoms with Gasteiger partial charge in [-0.05, 0) is 11.1 Å². The van der Waals surface area contributed by atoms with Crippen LogP contribution in [0.5, 0.6) is 0 Å².